The lowest BCUT2D eigenvalue weighted by Gasteiger charge is -2.27. The van der Waals surface area contributed by atoms with Crippen LogP contribution in [-0.4, -0.2) is 31.0 Å². The Morgan fingerprint density at radius 3 is 2.42 bits per heavy atom. The molecule has 5 heteroatoms. The van der Waals surface area contributed by atoms with E-state index in [0.717, 1.165) is 42.9 Å². The number of benzene rings is 2. The molecule has 4 nitrogen and oxygen atoms in total. The number of hydrogen-bond acceptors (Lipinski definition) is 3. The van der Waals surface area contributed by atoms with Crippen LogP contribution < -0.4 is 10.1 Å². The minimum atomic E-state index is -0.372. The molecule has 1 atom stereocenters. The second-order valence-electron chi connectivity index (χ2n) is 5.88. The van der Waals surface area contributed by atoms with E-state index in [2.05, 4.69) is 10.2 Å². The lowest BCUT2D eigenvalue weighted by atomic mass is 10.0. The number of methoxy groups -OCH3 is 1. The summed E-state index contributed by atoms with van der Waals surface area (Å²) >= 11 is 6.36. The van der Waals surface area contributed by atoms with Crippen LogP contribution in [0.15, 0.2) is 48.5 Å². The summed E-state index contributed by atoms with van der Waals surface area (Å²) in [4.78, 5) is 15.2. The van der Waals surface area contributed by atoms with Gasteiger partial charge < -0.3 is 10.1 Å². The monoisotopic (exact) mass is 344 g/mol. The van der Waals surface area contributed by atoms with Crippen LogP contribution in [0.25, 0.3) is 0 Å². The van der Waals surface area contributed by atoms with Crippen molar-refractivity contribution in [1.82, 2.24) is 4.90 Å². The van der Waals surface area contributed by atoms with Gasteiger partial charge in [-0.15, -0.1) is 0 Å². The number of rotatable bonds is 5. The number of carbonyl (C=O) groups excluding carboxylic acids is 1. The first-order valence-corrected chi connectivity index (χ1v) is 8.50. The molecule has 1 fully saturated rings. The van der Waals surface area contributed by atoms with Crippen LogP contribution in [0, 0.1) is 0 Å². The number of likely N-dealkylation sites (tertiary alicyclic amines) is 1. The average molecular weight is 345 g/mol. The number of halogens is 1. The predicted molar refractivity (Wildman–Crippen MR) is 96.6 cm³/mol. The van der Waals surface area contributed by atoms with E-state index in [-0.39, 0.29) is 11.9 Å². The molecule has 1 heterocycles. The average Bonchev–Trinajstić information content (AvgIpc) is 3.12. The van der Waals surface area contributed by atoms with E-state index in [0.29, 0.717) is 5.02 Å². The van der Waals surface area contributed by atoms with E-state index < -0.39 is 0 Å². The van der Waals surface area contributed by atoms with Crippen molar-refractivity contribution in [3.8, 4) is 5.75 Å². The van der Waals surface area contributed by atoms with E-state index in [9.17, 15) is 4.79 Å². The molecule has 0 spiro atoms. The highest BCUT2D eigenvalue weighted by molar-refractivity contribution is 6.31. The molecule has 1 amide bonds. The minimum Gasteiger partial charge on any atom is -0.497 e. The first-order valence-electron chi connectivity index (χ1n) is 8.12. The van der Waals surface area contributed by atoms with Crippen molar-refractivity contribution in [3.63, 3.8) is 0 Å². The van der Waals surface area contributed by atoms with Crippen LogP contribution in [0.1, 0.15) is 24.4 Å². The Morgan fingerprint density at radius 2 is 1.79 bits per heavy atom. The molecule has 1 N–H and O–H groups in total. The standard InChI is InChI=1S/C19H21ClN2O2/c1-24-15-10-8-14(9-11-15)21-19(23)18(22-12-4-5-13-22)16-6-2-3-7-17(16)20/h2-3,6-11,18H,4-5,12-13H2,1H3,(H,21,23)/t18-/m1/s1. The van der Waals surface area contributed by atoms with Gasteiger partial charge in [0, 0.05) is 10.7 Å². The highest BCUT2D eigenvalue weighted by Crippen LogP contribution is 2.31. The van der Waals surface area contributed by atoms with Gasteiger partial charge >= 0.3 is 0 Å². The topological polar surface area (TPSA) is 41.6 Å². The van der Waals surface area contributed by atoms with Gasteiger partial charge in [0.15, 0.2) is 0 Å². The Bertz CT molecular complexity index is 697. The molecular weight excluding hydrogens is 324 g/mol. The fourth-order valence-electron chi connectivity index (χ4n) is 3.09. The molecule has 0 aromatic heterocycles. The largest absolute Gasteiger partial charge is 0.497 e. The van der Waals surface area contributed by atoms with Crippen LogP contribution in [0.5, 0.6) is 5.75 Å². The second kappa shape index (κ2) is 7.69. The number of ether oxygens (including phenoxy) is 1. The summed E-state index contributed by atoms with van der Waals surface area (Å²) < 4.78 is 5.15. The van der Waals surface area contributed by atoms with Crippen LogP contribution in [0.3, 0.4) is 0 Å². The Balaban J connectivity index is 1.84. The maximum Gasteiger partial charge on any atom is 0.246 e. The lowest BCUT2D eigenvalue weighted by Crippen LogP contribution is -2.35. The molecule has 3 rings (SSSR count). The van der Waals surface area contributed by atoms with Crippen molar-refractivity contribution in [2.24, 2.45) is 0 Å². The summed E-state index contributed by atoms with van der Waals surface area (Å²) in [6, 6.07) is 14.5. The van der Waals surface area contributed by atoms with E-state index in [4.69, 9.17) is 16.3 Å². The molecule has 24 heavy (non-hydrogen) atoms. The van der Waals surface area contributed by atoms with Gasteiger partial charge in [0.2, 0.25) is 5.91 Å². The molecule has 2 aromatic rings. The molecule has 0 unspecified atom stereocenters. The lowest BCUT2D eigenvalue weighted by molar-refractivity contribution is -0.121. The smallest absolute Gasteiger partial charge is 0.246 e. The highest BCUT2D eigenvalue weighted by atomic mass is 35.5. The van der Waals surface area contributed by atoms with Crippen LogP contribution >= 0.6 is 11.6 Å². The third-order valence-corrected chi connectivity index (χ3v) is 4.66. The number of carbonyl (C=O) groups is 1. The number of amides is 1. The predicted octanol–water partition coefficient (Wildman–Crippen LogP) is 4.12. The van der Waals surface area contributed by atoms with Crippen molar-refractivity contribution in [1.29, 1.82) is 0 Å². The summed E-state index contributed by atoms with van der Waals surface area (Å²) in [5.41, 5.74) is 1.60. The van der Waals surface area contributed by atoms with Crippen molar-refractivity contribution >= 4 is 23.2 Å². The zero-order valence-electron chi connectivity index (χ0n) is 13.7. The van der Waals surface area contributed by atoms with Crippen molar-refractivity contribution in [2.75, 3.05) is 25.5 Å². The van der Waals surface area contributed by atoms with Gasteiger partial charge in [0.25, 0.3) is 0 Å². The summed E-state index contributed by atoms with van der Waals surface area (Å²) in [5.74, 6) is 0.699. The maximum absolute atomic E-state index is 13.0. The first-order chi connectivity index (χ1) is 11.7. The van der Waals surface area contributed by atoms with E-state index in [1.807, 2.05) is 48.5 Å². The SMILES string of the molecule is COc1ccc(NC(=O)[C@@H](c2ccccc2Cl)N2CCCC2)cc1. The molecule has 1 saturated heterocycles. The molecule has 2 aromatic carbocycles. The Kier molecular flexibility index (Phi) is 5.38. The number of nitrogens with zero attached hydrogens (tertiary/aromatic N) is 1. The van der Waals surface area contributed by atoms with Crippen LogP contribution in [0.2, 0.25) is 5.02 Å². The molecule has 1 aliphatic rings. The van der Waals surface area contributed by atoms with Gasteiger partial charge in [-0.3, -0.25) is 9.69 Å². The Labute approximate surface area is 147 Å². The Morgan fingerprint density at radius 1 is 1.12 bits per heavy atom. The number of hydrogen-bond donors (Lipinski definition) is 1. The van der Waals surface area contributed by atoms with Gasteiger partial charge in [-0.1, -0.05) is 29.8 Å². The summed E-state index contributed by atoms with van der Waals surface area (Å²) in [6.45, 7) is 1.82. The molecule has 0 radical (unpaired) electrons. The van der Waals surface area contributed by atoms with E-state index >= 15 is 0 Å². The van der Waals surface area contributed by atoms with Crippen molar-refractivity contribution in [3.05, 3.63) is 59.1 Å². The first kappa shape index (κ1) is 16.8. The summed E-state index contributed by atoms with van der Waals surface area (Å²) in [7, 11) is 1.62. The zero-order chi connectivity index (χ0) is 16.9. The summed E-state index contributed by atoms with van der Waals surface area (Å²) in [6.07, 6.45) is 2.22. The minimum absolute atomic E-state index is 0.0600. The molecule has 126 valence electrons. The molecule has 1 aliphatic heterocycles. The molecular formula is C19H21ClN2O2. The van der Waals surface area contributed by atoms with Crippen molar-refractivity contribution in [2.45, 2.75) is 18.9 Å². The van der Waals surface area contributed by atoms with E-state index in [1.165, 1.54) is 0 Å². The maximum atomic E-state index is 13.0. The van der Waals surface area contributed by atoms with Crippen LogP contribution in [-0.2, 0) is 4.79 Å². The quantitative estimate of drug-likeness (QED) is 0.887. The van der Waals surface area contributed by atoms with Gasteiger partial charge in [-0.25, -0.2) is 0 Å². The fraction of sp³-hybridized carbons (Fsp3) is 0.316. The van der Waals surface area contributed by atoms with E-state index in [1.54, 1.807) is 7.11 Å². The zero-order valence-corrected chi connectivity index (χ0v) is 14.4. The highest BCUT2D eigenvalue weighted by Gasteiger charge is 2.31. The molecule has 0 saturated carbocycles. The normalized spacial score (nSPS) is 15.9. The third-order valence-electron chi connectivity index (χ3n) is 4.31. The second-order valence-corrected chi connectivity index (χ2v) is 6.29. The third kappa shape index (κ3) is 3.71. The summed E-state index contributed by atoms with van der Waals surface area (Å²) in [5, 5.41) is 3.63. The van der Waals surface area contributed by atoms with Crippen molar-refractivity contribution < 1.29 is 9.53 Å². The van der Waals surface area contributed by atoms with Crippen LogP contribution in [0.4, 0.5) is 5.69 Å². The number of anilines is 1. The Hall–Kier alpha value is -2.04. The number of nitrogens with one attached hydrogen (secondary N) is 1. The molecule has 0 aliphatic carbocycles. The van der Waals surface area contributed by atoms with Gasteiger partial charge in [-0.05, 0) is 61.8 Å². The van der Waals surface area contributed by atoms with Gasteiger partial charge in [-0.2, -0.15) is 0 Å². The van der Waals surface area contributed by atoms with Gasteiger partial charge in [0.1, 0.15) is 11.8 Å². The fourth-order valence-corrected chi connectivity index (χ4v) is 3.32. The molecule has 0 bridgehead atoms. The van der Waals surface area contributed by atoms with Gasteiger partial charge in [0.05, 0.1) is 7.11 Å².